The molecule has 19 heavy (non-hydrogen) atoms. The van der Waals surface area contributed by atoms with Gasteiger partial charge in [-0.05, 0) is 49.4 Å². The first-order chi connectivity index (χ1) is 9.19. The number of hydrogen-bond acceptors (Lipinski definition) is 3. The Balaban J connectivity index is 2.15. The van der Waals surface area contributed by atoms with Crippen molar-refractivity contribution in [2.24, 2.45) is 0 Å². The molecule has 0 atom stereocenters. The minimum absolute atomic E-state index is 0.506. The zero-order valence-electron chi connectivity index (χ0n) is 10.5. The number of hydrogen-bond donors (Lipinski definition) is 1. The second kappa shape index (κ2) is 5.91. The van der Waals surface area contributed by atoms with Crippen molar-refractivity contribution in [2.45, 2.75) is 6.92 Å². The molecule has 0 spiro atoms. The third kappa shape index (κ3) is 3.48. The molecule has 0 bridgehead atoms. The second-order valence-electron chi connectivity index (χ2n) is 3.83. The van der Waals surface area contributed by atoms with Gasteiger partial charge in [-0.1, -0.05) is 0 Å². The first-order valence-corrected chi connectivity index (χ1v) is 5.93. The summed E-state index contributed by atoms with van der Waals surface area (Å²) in [5.74, 6) is 1.00. The average molecular weight is 258 g/mol. The van der Waals surface area contributed by atoms with E-state index in [1.54, 1.807) is 12.1 Å². The topological polar surface area (TPSA) is 59.7 Å². The molecule has 2 aromatic rings. The quantitative estimate of drug-likeness (QED) is 0.834. The third-order valence-electron chi connectivity index (χ3n) is 2.47. The van der Waals surface area contributed by atoms with Gasteiger partial charge >= 0.3 is 5.97 Å². The van der Waals surface area contributed by atoms with E-state index in [-0.39, 0.29) is 0 Å². The molecule has 0 saturated carbocycles. The molecule has 4 nitrogen and oxygen atoms in total. The van der Waals surface area contributed by atoms with Crippen LogP contribution in [0, 0.1) is 0 Å². The van der Waals surface area contributed by atoms with E-state index in [4.69, 9.17) is 14.3 Å². The molecule has 0 aliphatic rings. The van der Waals surface area contributed by atoms with Crippen molar-refractivity contribution >= 4 is 12.0 Å². The van der Waals surface area contributed by atoms with Gasteiger partial charge in [0.15, 0.2) is 0 Å². The van der Waals surface area contributed by atoms with Gasteiger partial charge in [-0.15, -0.1) is 0 Å². The summed E-state index contributed by atoms with van der Waals surface area (Å²) in [6.07, 6.45) is 2.46. The van der Waals surface area contributed by atoms with Crippen LogP contribution >= 0.6 is 0 Å². The van der Waals surface area contributed by atoms with E-state index < -0.39 is 5.97 Å². The minimum Gasteiger partial charge on any atom is -0.494 e. The van der Waals surface area contributed by atoms with Crippen molar-refractivity contribution in [3.63, 3.8) is 0 Å². The fourth-order valence-corrected chi connectivity index (χ4v) is 1.63. The van der Waals surface area contributed by atoms with Crippen molar-refractivity contribution in [3.8, 4) is 17.1 Å². The number of ether oxygens (including phenoxy) is 1. The molecule has 0 amide bonds. The van der Waals surface area contributed by atoms with Gasteiger partial charge in [-0.25, -0.2) is 4.79 Å². The van der Waals surface area contributed by atoms with Crippen molar-refractivity contribution in [1.82, 2.24) is 0 Å². The lowest BCUT2D eigenvalue weighted by Gasteiger charge is -2.03. The van der Waals surface area contributed by atoms with Crippen LogP contribution in [0.4, 0.5) is 0 Å². The summed E-state index contributed by atoms with van der Waals surface area (Å²) < 4.78 is 10.9. The molecule has 0 saturated heterocycles. The van der Waals surface area contributed by atoms with E-state index in [9.17, 15) is 4.79 Å². The van der Waals surface area contributed by atoms with Gasteiger partial charge in [-0.2, -0.15) is 0 Å². The lowest BCUT2D eigenvalue weighted by atomic mass is 10.2. The Kier molecular flexibility index (Phi) is 4.03. The summed E-state index contributed by atoms with van der Waals surface area (Å²) in [5, 5.41) is 8.54. The first-order valence-electron chi connectivity index (χ1n) is 5.93. The highest BCUT2D eigenvalue weighted by Crippen LogP contribution is 2.25. The highest BCUT2D eigenvalue weighted by molar-refractivity contribution is 5.84. The SMILES string of the molecule is CCOc1ccc(-c2ccc(/C=C/C(=O)O)o2)cc1. The van der Waals surface area contributed by atoms with Crippen molar-refractivity contribution in [1.29, 1.82) is 0 Å². The number of aliphatic carboxylic acids is 1. The smallest absolute Gasteiger partial charge is 0.328 e. The molecule has 0 aliphatic carbocycles. The highest BCUT2D eigenvalue weighted by Gasteiger charge is 2.03. The van der Waals surface area contributed by atoms with E-state index in [2.05, 4.69) is 0 Å². The van der Waals surface area contributed by atoms with Gasteiger partial charge in [0.25, 0.3) is 0 Å². The predicted molar refractivity (Wildman–Crippen MR) is 72.0 cm³/mol. The maximum Gasteiger partial charge on any atom is 0.328 e. The number of carboxylic acids is 1. The van der Waals surface area contributed by atoms with Crippen molar-refractivity contribution < 1.29 is 19.1 Å². The fraction of sp³-hybridized carbons (Fsp3) is 0.133. The molecule has 1 N–H and O–H groups in total. The standard InChI is InChI=1S/C15H14O4/c1-2-18-12-5-3-11(4-6-12)14-9-7-13(19-14)8-10-15(16)17/h3-10H,2H2,1H3,(H,16,17)/b10-8+. The second-order valence-corrected chi connectivity index (χ2v) is 3.83. The molecular weight excluding hydrogens is 244 g/mol. The molecule has 0 unspecified atom stereocenters. The number of furan rings is 1. The van der Waals surface area contributed by atoms with Crippen LogP contribution in [-0.2, 0) is 4.79 Å². The van der Waals surface area contributed by atoms with Crippen LogP contribution in [0.1, 0.15) is 12.7 Å². The Morgan fingerprint density at radius 2 is 2.00 bits per heavy atom. The average Bonchev–Trinajstić information content (AvgIpc) is 2.86. The van der Waals surface area contributed by atoms with Crippen LogP contribution in [0.15, 0.2) is 46.9 Å². The van der Waals surface area contributed by atoms with Gasteiger partial charge in [0.2, 0.25) is 0 Å². The minimum atomic E-state index is -1.00. The summed E-state index contributed by atoms with van der Waals surface area (Å²) in [4.78, 5) is 10.4. The summed E-state index contributed by atoms with van der Waals surface area (Å²) in [6.45, 7) is 2.56. The molecule has 1 aromatic carbocycles. The summed E-state index contributed by atoms with van der Waals surface area (Å²) in [7, 11) is 0. The lowest BCUT2D eigenvalue weighted by Crippen LogP contribution is -1.90. The number of benzene rings is 1. The van der Waals surface area contributed by atoms with E-state index in [0.29, 0.717) is 18.1 Å². The number of carboxylic acid groups (broad SMARTS) is 1. The monoisotopic (exact) mass is 258 g/mol. The zero-order chi connectivity index (χ0) is 13.7. The Labute approximate surface area is 110 Å². The molecule has 1 aromatic heterocycles. The molecular formula is C15H14O4. The number of rotatable bonds is 5. The predicted octanol–water partition coefficient (Wildman–Crippen LogP) is 3.44. The van der Waals surface area contributed by atoms with Crippen LogP contribution in [0.3, 0.4) is 0 Å². The molecule has 2 rings (SSSR count). The fourth-order valence-electron chi connectivity index (χ4n) is 1.63. The Bertz CT molecular complexity index is 578. The normalized spacial score (nSPS) is 10.8. The van der Waals surface area contributed by atoms with Gasteiger partial charge in [0.05, 0.1) is 6.61 Å². The van der Waals surface area contributed by atoms with Gasteiger partial charge in [0, 0.05) is 11.6 Å². The van der Waals surface area contributed by atoms with Gasteiger partial charge < -0.3 is 14.3 Å². The number of carbonyl (C=O) groups is 1. The largest absolute Gasteiger partial charge is 0.494 e. The van der Waals surface area contributed by atoms with Crippen LogP contribution < -0.4 is 4.74 Å². The van der Waals surface area contributed by atoms with Crippen LogP contribution in [0.25, 0.3) is 17.4 Å². The molecule has 98 valence electrons. The summed E-state index contributed by atoms with van der Waals surface area (Å²) in [5.41, 5.74) is 0.915. The Morgan fingerprint density at radius 3 is 2.63 bits per heavy atom. The molecule has 0 radical (unpaired) electrons. The van der Waals surface area contributed by atoms with Gasteiger partial charge in [0.1, 0.15) is 17.3 Å². The Morgan fingerprint density at radius 1 is 1.26 bits per heavy atom. The van der Waals surface area contributed by atoms with Crippen LogP contribution in [0.5, 0.6) is 5.75 Å². The van der Waals surface area contributed by atoms with Crippen molar-refractivity contribution in [2.75, 3.05) is 6.61 Å². The maximum atomic E-state index is 10.4. The molecule has 0 fully saturated rings. The zero-order valence-corrected chi connectivity index (χ0v) is 10.5. The Hall–Kier alpha value is -2.49. The van der Waals surface area contributed by atoms with E-state index >= 15 is 0 Å². The summed E-state index contributed by atoms with van der Waals surface area (Å²) in [6, 6.07) is 11.1. The summed E-state index contributed by atoms with van der Waals surface area (Å²) >= 11 is 0. The highest BCUT2D eigenvalue weighted by atomic mass is 16.5. The van der Waals surface area contributed by atoms with Crippen LogP contribution in [0.2, 0.25) is 0 Å². The van der Waals surface area contributed by atoms with Gasteiger partial charge in [-0.3, -0.25) is 0 Å². The third-order valence-corrected chi connectivity index (χ3v) is 2.47. The van der Waals surface area contributed by atoms with Crippen LogP contribution in [-0.4, -0.2) is 17.7 Å². The maximum absolute atomic E-state index is 10.4. The molecule has 1 heterocycles. The van der Waals surface area contributed by atoms with E-state index in [0.717, 1.165) is 17.4 Å². The first kappa shape index (κ1) is 13.0. The lowest BCUT2D eigenvalue weighted by molar-refractivity contribution is -0.131. The van der Waals surface area contributed by atoms with E-state index in [1.165, 1.54) is 6.08 Å². The molecule has 0 aliphatic heterocycles. The van der Waals surface area contributed by atoms with Crippen molar-refractivity contribution in [3.05, 3.63) is 48.2 Å². The molecule has 4 heteroatoms. The van der Waals surface area contributed by atoms with E-state index in [1.807, 2.05) is 31.2 Å².